The zero-order chi connectivity index (χ0) is 10.7. The quantitative estimate of drug-likeness (QED) is 0.786. The van der Waals surface area contributed by atoms with Crippen molar-refractivity contribution in [3.05, 3.63) is 21.5 Å². The molecule has 1 aromatic rings. The summed E-state index contributed by atoms with van der Waals surface area (Å²) < 4.78 is 12.4. The Morgan fingerprint density at radius 2 is 2.40 bits per heavy atom. The number of hydrogen-bond acceptors (Lipinski definition) is 3. The number of pyridine rings is 1. The summed E-state index contributed by atoms with van der Waals surface area (Å²) in [5.41, 5.74) is 1.01. The lowest BCUT2D eigenvalue weighted by Gasteiger charge is -2.23. The summed E-state index contributed by atoms with van der Waals surface area (Å²) in [5.74, 6) is 0.827. The van der Waals surface area contributed by atoms with Crippen LogP contribution in [0.15, 0.2) is 12.3 Å². The molecule has 1 aliphatic heterocycles. The zero-order valence-electron chi connectivity index (χ0n) is 8.70. The van der Waals surface area contributed by atoms with Gasteiger partial charge in [0, 0.05) is 12.1 Å². The van der Waals surface area contributed by atoms with Crippen molar-refractivity contribution in [2.24, 2.45) is 0 Å². The minimum absolute atomic E-state index is 0.0863. The van der Waals surface area contributed by atoms with Gasteiger partial charge in [0.1, 0.15) is 0 Å². The smallest absolute Gasteiger partial charge is 0.199 e. The van der Waals surface area contributed by atoms with E-state index in [1.807, 2.05) is 13.0 Å². The van der Waals surface area contributed by atoms with Crippen LogP contribution in [0.3, 0.4) is 0 Å². The number of hydrogen-bond donors (Lipinski definition) is 0. The molecule has 4 heteroatoms. The maximum Gasteiger partial charge on any atom is 0.199 e. The molecule has 1 aliphatic rings. The van der Waals surface area contributed by atoms with Crippen LogP contribution in [0, 0.1) is 10.5 Å². The van der Waals surface area contributed by atoms with Gasteiger partial charge in [0.25, 0.3) is 0 Å². The fourth-order valence-electron chi connectivity index (χ4n) is 1.55. The van der Waals surface area contributed by atoms with Crippen molar-refractivity contribution in [2.45, 2.75) is 32.5 Å². The van der Waals surface area contributed by atoms with Crippen molar-refractivity contribution in [2.75, 3.05) is 6.61 Å². The van der Waals surface area contributed by atoms with E-state index in [4.69, 9.17) is 9.47 Å². The van der Waals surface area contributed by atoms with Gasteiger partial charge in [0.15, 0.2) is 12.0 Å². The van der Waals surface area contributed by atoms with Gasteiger partial charge in [-0.25, -0.2) is 0 Å². The largest absolute Gasteiger partial charge is 0.462 e. The fraction of sp³-hybridized carbons (Fsp3) is 0.545. The normalized spacial score (nSPS) is 21.3. The van der Waals surface area contributed by atoms with Crippen LogP contribution in [0.4, 0.5) is 0 Å². The number of rotatable bonds is 2. The van der Waals surface area contributed by atoms with E-state index in [0.29, 0.717) is 0 Å². The van der Waals surface area contributed by atoms with Crippen LogP contribution in [0.25, 0.3) is 0 Å². The highest BCUT2D eigenvalue weighted by Gasteiger charge is 2.16. The Labute approximate surface area is 103 Å². The second-order valence-electron chi connectivity index (χ2n) is 3.67. The topological polar surface area (TPSA) is 31.4 Å². The van der Waals surface area contributed by atoms with Crippen molar-refractivity contribution in [3.63, 3.8) is 0 Å². The molecule has 1 aromatic heterocycles. The summed E-state index contributed by atoms with van der Waals surface area (Å²) in [7, 11) is 0. The van der Waals surface area contributed by atoms with Crippen LogP contribution in [-0.4, -0.2) is 17.9 Å². The molecular weight excluding hydrogens is 305 g/mol. The van der Waals surface area contributed by atoms with Gasteiger partial charge >= 0.3 is 0 Å². The van der Waals surface area contributed by atoms with Crippen LogP contribution >= 0.6 is 22.6 Å². The molecule has 1 atom stereocenters. The molecule has 15 heavy (non-hydrogen) atoms. The van der Waals surface area contributed by atoms with E-state index in [1.54, 1.807) is 6.20 Å². The first kappa shape index (κ1) is 11.1. The highest BCUT2D eigenvalue weighted by molar-refractivity contribution is 14.1. The van der Waals surface area contributed by atoms with E-state index >= 15 is 0 Å². The lowest BCUT2D eigenvalue weighted by molar-refractivity contribution is -0.106. The number of ether oxygens (including phenoxy) is 2. The van der Waals surface area contributed by atoms with Gasteiger partial charge in [-0.2, -0.15) is 0 Å². The SMILES string of the molecule is Cc1cc(I)c(O[C@@H]2CCCCO2)cn1. The Balaban J connectivity index is 2.03. The van der Waals surface area contributed by atoms with E-state index in [9.17, 15) is 0 Å². The minimum atomic E-state index is -0.0863. The molecule has 0 spiro atoms. The molecule has 3 nitrogen and oxygen atoms in total. The van der Waals surface area contributed by atoms with Crippen molar-refractivity contribution in [1.29, 1.82) is 0 Å². The molecule has 0 saturated carbocycles. The van der Waals surface area contributed by atoms with Gasteiger partial charge in [0.2, 0.25) is 0 Å². The summed E-state index contributed by atoms with van der Waals surface area (Å²) in [6.45, 7) is 2.78. The second-order valence-corrected chi connectivity index (χ2v) is 4.83. The maximum absolute atomic E-state index is 5.75. The molecule has 0 N–H and O–H groups in total. The van der Waals surface area contributed by atoms with Gasteiger partial charge in [-0.3, -0.25) is 4.98 Å². The Hall–Kier alpha value is -0.360. The number of nitrogens with zero attached hydrogens (tertiary/aromatic N) is 1. The molecule has 2 heterocycles. The first-order valence-electron chi connectivity index (χ1n) is 5.16. The van der Waals surface area contributed by atoms with E-state index in [-0.39, 0.29) is 6.29 Å². The van der Waals surface area contributed by atoms with E-state index < -0.39 is 0 Å². The number of aromatic nitrogens is 1. The number of aryl methyl sites for hydroxylation is 1. The predicted octanol–water partition coefficient (Wildman–Crippen LogP) is 2.90. The molecular formula is C11H14INO2. The van der Waals surface area contributed by atoms with Gasteiger partial charge in [-0.05, 0) is 48.4 Å². The van der Waals surface area contributed by atoms with Gasteiger partial charge < -0.3 is 9.47 Å². The van der Waals surface area contributed by atoms with Crippen LogP contribution < -0.4 is 4.74 Å². The van der Waals surface area contributed by atoms with Crippen molar-refractivity contribution >= 4 is 22.6 Å². The Kier molecular flexibility index (Phi) is 3.80. The standard InChI is InChI=1S/C11H14INO2/c1-8-6-9(12)10(7-13-8)15-11-4-2-3-5-14-11/h6-7,11H,2-5H2,1H3/t11-/m1/s1. The second kappa shape index (κ2) is 5.12. The van der Waals surface area contributed by atoms with Crippen LogP contribution in [-0.2, 0) is 4.74 Å². The van der Waals surface area contributed by atoms with Crippen LogP contribution in [0.2, 0.25) is 0 Å². The highest BCUT2D eigenvalue weighted by Crippen LogP contribution is 2.24. The summed E-state index contributed by atoms with van der Waals surface area (Å²) in [6.07, 6.45) is 4.99. The molecule has 1 saturated heterocycles. The van der Waals surface area contributed by atoms with Crippen molar-refractivity contribution < 1.29 is 9.47 Å². The van der Waals surface area contributed by atoms with Crippen LogP contribution in [0.5, 0.6) is 5.75 Å². The Morgan fingerprint density at radius 1 is 1.53 bits per heavy atom. The van der Waals surface area contributed by atoms with Gasteiger partial charge in [-0.15, -0.1) is 0 Å². The average molecular weight is 319 g/mol. The fourth-order valence-corrected chi connectivity index (χ4v) is 2.26. The molecule has 0 unspecified atom stereocenters. The molecule has 0 aliphatic carbocycles. The third kappa shape index (κ3) is 3.04. The molecule has 0 amide bonds. The molecule has 1 fully saturated rings. The van der Waals surface area contributed by atoms with E-state index in [1.165, 1.54) is 6.42 Å². The third-order valence-corrected chi connectivity index (χ3v) is 3.20. The minimum Gasteiger partial charge on any atom is -0.462 e. The summed E-state index contributed by atoms with van der Waals surface area (Å²) in [6, 6.07) is 2.01. The van der Waals surface area contributed by atoms with Gasteiger partial charge in [0.05, 0.1) is 16.4 Å². The highest BCUT2D eigenvalue weighted by atomic mass is 127. The maximum atomic E-state index is 5.75. The molecule has 2 rings (SSSR count). The molecule has 82 valence electrons. The number of halogens is 1. The van der Waals surface area contributed by atoms with E-state index in [0.717, 1.165) is 34.5 Å². The summed E-state index contributed by atoms with van der Waals surface area (Å²) in [4.78, 5) is 4.22. The molecule has 0 bridgehead atoms. The summed E-state index contributed by atoms with van der Waals surface area (Å²) in [5, 5.41) is 0. The Bertz CT molecular complexity index is 337. The first-order valence-corrected chi connectivity index (χ1v) is 6.24. The van der Waals surface area contributed by atoms with Gasteiger partial charge in [-0.1, -0.05) is 0 Å². The van der Waals surface area contributed by atoms with Crippen molar-refractivity contribution in [1.82, 2.24) is 4.98 Å². The summed E-state index contributed by atoms with van der Waals surface area (Å²) >= 11 is 2.26. The lowest BCUT2D eigenvalue weighted by atomic mass is 10.2. The monoisotopic (exact) mass is 319 g/mol. The predicted molar refractivity (Wildman–Crippen MR) is 65.9 cm³/mol. The zero-order valence-corrected chi connectivity index (χ0v) is 10.9. The molecule has 0 aromatic carbocycles. The van der Waals surface area contributed by atoms with Crippen molar-refractivity contribution in [3.8, 4) is 5.75 Å². The third-order valence-electron chi connectivity index (χ3n) is 2.35. The Morgan fingerprint density at radius 3 is 3.07 bits per heavy atom. The lowest BCUT2D eigenvalue weighted by Crippen LogP contribution is -2.25. The first-order chi connectivity index (χ1) is 7.25. The van der Waals surface area contributed by atoms with E-state index in [2.05, 4.69) is 27.6 Å². The molecule has 0 radical (unpaired) electrons. The van der Waals surface area contributed by atoms with Crippen LogP contribution in [0.1, 0.15) is 25.0 Å². The average Bonchev–Trinajstić information content (AvgIpc) is 2.24.